The molecule has 1 unspecified atom stereocenters. The minimum Gasteiger partial charge on any atom is -0.480 e. The van der Waals surface area contributed by atoms with E-state index in [2.05, 4.69) is 13.8 Å². The lowest BCUT2D eigenvalue weighted by atomic mass is 9.98. The molecule has 1 aliphatic heterocycles. The van der Waals surface area contributed by atoms with E-state index in [1.165, 1.54) is 0 Å². The fourth-order valence-electron chi connectivity index (χ4n) is 2.65. The van der Waals surface area contributed by atoms with E-state index in [1.54, 1.807) is 11.9 Å². The van der Waals surface area contributed by atoms with Gasteiger partial charge in [-0.3, -0.25) is 14.5 Å². The van der Waals surface area contributed by atoms with E-state index in [9.17, 15) is 9.59 Å². The molecule has 1 atom stereocenters. The Morgan fingerprint density at radius 2 is 2.05 bits per heavy atom. The molecule has 1 rings (SSSR count). The molecule has 21 heavy (non-hydrogen) atoms. The molecule has 6 heteroatoms. The SMILES string of the molecule is CCC(CC)CC(=O)N1CCOC(CN(C)CC(=O)O)C1. The third-order valence-corrected chi connectivity index (χ3v) is 4.03. The maximum atomic E-state index is 12.3. The average Bonchev–Trinajstić information content (AvgIpc) is 2.43. The standard InChI is InChI=1S/C15H28N2O4/c1-4-12(5-2)8-14(18)17-6-7-21-13(10-17)9-16(3)11-15(19)20/h12-13H,4-11H2,1-3H3,(H,19,20). The maximum absolute atomic E-state index is 12.3. The molecule has 0 radical (unpaired) electrons. The normalized spacial score (nSPS) is 19.3. The number of hydrogen-bond donors (Lipinski definition) is 1. The molecule has 0 bridgehead atoms. The van der Waals surface area contributed by atoms with Crippen LogP contribution in [-0.2, 0) is 14.3 Å². The molecule has 0 spiro atoms. The Labute approximate surface area is 127 Å². The summed E-state index contributed by atoms with van der Waals surface area (Å²) < 4.78 is 5.64. The second kappa shape index (κ2) is 9.00. The van der Waals surface area contributed by atoms with E-state index >= 15 is 0 Å². The Bertz CT molecular complexity index is 345. The first-order valence-corrected chi connectivity index (χ1v) is 7.75. The van der Waals surface area contributed by atoms with Crippen LogP contribution in [0.4, 0.5) is 0 Å². The number of hydrogen-bond acceptors (Lipinski definition) is 4. The summed E-state index contributed by atoms with van der Waals surface area (Å²) in [7, 11) is 1.75. The molecule has 1 heterocycles. The maximum Gasteiger partial charge on any atom is 0.317 e. The molecule has 6 nitrogen and oxygen atoms in total. The molecule has 1 fully saturated rings. The minimum atomic E-state index is -0.852. The third kappa shape index (κ3) is 6.44. The van der Waals surface area contributed by atoms with Crippen molar-refractivity contribution in [1.82, 2.24) is 9.80 Å². The van der Waals surface area contributed by atoms with Crippen LogP contribution in [0, 0.1) is 5.92 Å². The van der Waals surface area contributed by atoms with Gasteiger partial charge in [0, 0.05) is 26.1 Å². The largest absolute Gasteiger partial charge is 0.480 e. The van der Waals surface area contributed by atoms with Crippen molar-refractivity contribution in [3.63, 3.8) is 0 Å². The van der Waals surface area contributed by atoms with Crippen molar-refractivity contribution in [3.8, 4) is 0 Å². The molecule has 0 saturated carbocycles. The molecule has 1 aliphatic rings. The second-order valence-corrected chi connectivity index (χ2v) is 5.81. The summed E-state index contributed by atoms with van der Waals surface area (Å²) in [6, 6.07) is 0. The van der Waals surface area contributed by atoms with Crippen LogP contribution >= 0.6 is 0 Å². The van der Waals surface area contributed by atoms with Crippen molar-refractivity contribution >= 4 is 11.9 Å². The molecular formula is C15H28N2O4. The highest BCUT2D eigenvalue weighted by atomic mass is 16.5. The van der Waals surface area contributed by atoms with Gasteiger partial charge in [0.15, 0.2) is 0 Å². The molecule has 0 aliphatic carbocycles. The van der Waals surface area contributed by atoms with Crippen LogP contribution in [0.3, 0.4) is 0 Å². The van der Waals surface area contributed by atoms with E-state index in [0.29, 0.717) is 38.6 Å². The molecule has 1 N–H and O–H groups in total. The van der Waals surface area contributed by atoms with E-state index in [-0.39, 0.29) is 18.6 Å². The van der Waals surface area contributed by atoms with Gasteiger partial charge in [-0.1, -0.05) is 26.7 Å². The smallest absolute Gasteiger partial charge is 0.317 e. The summed E-state index contributed by atoms with van der Waals surface area (Å²) >= 11 is 0. The molecule has 1 saturated heterocycles. The second-order valence-electron chi connectivity index (χ2n) is 5.81. The number of aliphatic carboxylic acids is 1. The topological polar surface area (TPSA) is 70.1 Å². The lowest BCUT2D eigenvalue weighted by molar-refractivity contribution is -0.143. The highest BCUT2D eigenvalue weighted by Crippen LogP contribution is 2.16. The number of carboxylic acids is 1. The van der Waals surface area contributed by atoms with Gasteiger partial charge in [-0.15, -0.1) is 0 Å². The molecule has 0 aromatic carbocycles. The fraction of sp³-hybridized carbons (Fsp3) is 0.867. The van der Waals surface area contributed by atoms with Crippen molar-refractivity contribution in [2.24, 2.45) is 5.92 Å². The summed E-state index contributed by atoms with van der Waals surface area (Å²) in [5.74, 6) is -0.207. The summed E-state index contributed by atoms with van der Waals surface area (Å²) in [6.45, 7) is 6.47. The molecule has 0 aromatic rings. The molecule has 122 valence electrons. The summed E-state index contributed by atoms with van der Waals surface area (Å²) in [5, 5.41) is 8.76. The minimum absolute atomic E-state index is 0.0124. The van der Waals surface area contributed by atoms with Crippen molar-refractivity contribution in [1.29, 1.82) is 0 Å². The Morgan fingerprint density at radius 1 is 1.38 bits per heavy atom. The van der Waals surface area contributed by atoms with E-state index in [0.717, 1.165) is 12.8 Å². The number of amides is 1. The van der Waals surface area contributed by atoms with Gasteiger partial charge in [0.05, 0.1) is 19.3 Å². The number of nitrogens with zero attached hydrogens (tertiary/aromatic N) is 2. The van der Waals surface area contributed by atoms with Crippen molar-refractivity contribution in [2.45, 2.75) is 39.2 Å². The van der Waals surface area contributed by atoms with Crippen LogP contribution < -0.4 is 0 Å². The molecule has 1 amide bonds. The fourth-order valence-corrected chi connectivity index (χ4v) is 2.65. The first-order valence-electron chi connectivity index (χ1n) is 7.75. The van der Waals surface area contributed by atoms with Crippen LogP contribution in [0.5, 0.6) is 0 Å². The van der Waals surface area contributed by atoms with Gasteiger partial charge in [0.1, 0.15) is 0 Å². The van der Waals surface area contributed by atoms with Crippen LogP contribution in [0.1, 0.15) is 33.1 Å². The highest BCUT2D eigenvalue weighted by molar-refractivity contribution is 5.76. The van der Waals surface area contributed by atoms with Crippen molar-refractivity contribution in [2.75, 3.05) is 39.8 Å². The number of rotatable bonds is 8. The zero-order chi connectivity index (χ0) is 15.8. The summed E-state index contributed by atoms with van der Waals surface area (Å²) in [5.41, 5.74) is 0. The first kappa shape index (κ1) is 17.9. The third-order valence-electron chi connectivity index (χ3n) is 4.03. The highest BCUT2D eigenvalue weighted by Gasteiger charge is 2.26. The van der Waals surface area contributed by atoms with Gasteiger partial charge >= 0.3 is 5.97 Å². The summed E-state index contributed by atoms with van der Waals surface area (Å²) in [4.78, 5) is 26.5. The zero-order valence-electron chi connectivity index (χ0n) is 13.4. The van der Waals surface area contributed by atoms with E-state index in [4.69, 9.17) is 9.84 Å². The molecule has 0 aromatic heterocycles. The number of carboxylic acid groups (broad SMARTS) is 1. The summed E-state index contributed by atoms with van der Waals surface area (Å²) in [6.07, 6.45) is 2.55. The number of carbonyl (C=O) groups is 2. The zero-order valence-corrected chi connectivity index (χ0v) is 13.4. The van der Waals surface area contributed by atoms with Crippen molar-refractivity contribution < 1.29 is 19.4 Å². The van der Waals surface area contributed by atoms with E-state index < -0.39 is 5.97 Å². The van der Waals surface area contributed by atoms with Gasteiger partial charge in [-0.2, -0.15) is 0 Å². The lowest BCUT2D eigenvalue weighted by Crippen LogP contribution is -2.49. The van der Waals surface area contributed by atoms with Crippen LogP contribution in [0.15, 0.2) is 0 Å². The predicted octanol–water partition coefficient (Wildman–Crippen LogP) is 1.06. The Hall–Kier alpha value is -1.14. The van der Waals surface area contributed by atoms with Gasteiger partial charge in [-0.05, 0) is 13.0 Å². The Morgan fingerprint density at radius 3 is 2.62 bits per heavy atom. The number of morpholine rings is 1. The quantitative estimate of drug-likeness (QED) is 0.726. The Balaban J connectivity index is 2.44. The lowest BCUT2D eigenvalue weighted by Gasteiger charge is -2.35. The van der Waals surface area contributed by atoms with Gasteiger partial charge in [-0.25, -0.2) is 0 Å². The van der Waals surface area contributed by atoms with Crippen LogP contribution in [-0.4, -0.2) is 72.7 Å². The van der Waals surface area contributed by atoms with Crippen LogP contribution in [0.2, 0.25) is 0 Å². The predicted molar refractivity (Wildman–Crippen MR) is 80.1 cm³/mol. The number of carbonyl (C=O) groups excluding carboxylic acids is 1. The first-order chi connectivity index (χ1) is 9.96. The monoisotopic (exact) mass is 300 g/mol. The van der Waals surface area contributed by atoms with Gasteiger partial charge in [0.25, 0.3) is 0 Å². The molecular weight excluding hydrogens is 272 g/mol. The van der Waals surface area contributed by atoms with Gasteiger partial charge in [0.2, 0.25) is 5.91 Å². The number of ether oxygens (including phenoxy) is 1. The Kier molecular flexibility index (Phi) is 7.67. The van der Waals surface area contributed by atoms with Crippen LogP contribution in [0.25, 0.3) is 0 Å². The van der Waals surface area contributed by atoms with Crippen molar-refractivity contribution in [3.05, 3.63) is 0 Å². The average molecular weight is 300 g/mol. The number of likely N-dealkylation sites (N-methyl/N-ethyl adjacent to an activating group) is 1. The van der Waals surface area contributed by atoms with Gasteiger partial charge < -0.3 is 14.7 Å². The van der Waals surface area contributed by atoms with E-state index in [1.807, 2.05) is 4.90 Å².